The topological polar surface area (TPSA) is 122 Å². The second-order valence-corrected chi connectivity index (χ2v) is 4.82. The van der Waals surface area contributed by atoms with Gasteiger partial charge in [-0.1, -0.05) is 0 Å². The summed E-state index contributed by atoms with van der Waals surface area (Å²) >= 11 is 0. The maximum absolute atomic E-state index is 11.6. The van der Waals surface area contributed by atoms with Gasteiger partial charge < -0.3 is 24.7 Å². The van der Waals surface area contributed by atoms with Crippen LogP contribution in [0.1, 0.15) is 32.5 Å². The number of oxazole rings is 1. The van der Waals surface area contributed by atoms with E-state index in [1.807, 2.05) is 0 Å². The van der Waals surface area contributed by atoms with Crippen LogP contribution in [0.5, 0.6) is 0 Å². The van der Waals surface area contributed by atoms with Crippen molar-refractivity contribution >= 4 is 12.1 Å². The van der Waals surface area contributed by atoms with Gasteiger partial charge in [-0.25, -0.2) is 14.6 Å². The SMILES string of the molecule is CC(C)(C)OC(=O)N[C@@H](c1cocn1)[C@@H](O)C(=O)O. The van der Waals surface area contributed by atoms with Crippen LogP contribution < -0.4 is 5.32 Å². The monoisotopic (exact) mass is 272 g/mol. The summed E-state index contributed by atoms with van der Waals surface area (Å²) in [6, 6.07) is -1.26. The first-order chi connectivity index (χ1) is 8.70. The molecule has 0 aliphatic rings. The lowest BCUT2D eigenvalue weighted by atomic mass is 10.1. The molecule has 0 aliphatic heterocycles. The van der Waals surface area contributed by atoms with E-state index in [-0.39, 0.29) is 5.69 Å². The summed E-state index contributed by atoms with van der Waals surface area (Å²) < 4.78 is 9.68. The lowest BCUT2D eigenvalue weighted by molar-refractivity contribution is -0.148. The van der Waals surface area contributed by atoms with Gasteiger partial charge in [-0.05, 0) is 20.8 Å². The Morgan fingerprint density at radius 1 is 1.47 bits per heavy atom. The average Bonchev–Trinajstić information content (AvgIpc) is 2.75. The molecule has 8 heteroatoms. The molecule has 0 fully saturated rings. The second kappa shape index (κ2) is 5.70. The summed E-state index contributed by atoms with van der Waals surface area (Å²) in [7, 11) is 0. The number of nitrogens with zero attached hydrogens (tertiary/aromatic N) is 1. The molecule has 0 bridgehead atoms. The molecule has 1 amide bonds. The number of carboxylic acids is 1. The van der Waals surface area contributed by atoms with Crippen LogP contribution in [-0.2, 0) is 9.53 Å². The third-order valence-electron chi connectivity index (χ3n) is 2.01. The van der Waals surface area contributed by atoms with Crippen LogP contribution >= 0.6 is 0 Å². The highest BCUT2D eigenvalue weighted by atomic mass is 16.6. The maximum atomic E-state index is 11.6. The number of aromatic nitrogens is 1. The number of rotatable bonds is 4. The van der Waals surface area contributed by atoms with Crippen molar-refractivity contribution in [2.45, 2.75) is 38.5 Å². The molecule has 8 nitrogen and oxygen atoms in total. The van der Waals surface area contributed by atoms with Crippen molar-refractivity contribution in [3.63, 3.8) is 0 Å². The van der Waals surface area contributed by atoms with Gasteiger partial charge in [0.05, 0.1) is 0 Å². The maximum Gasteiger partial charge on any atom is 0.408 e. The summed E-state index contributed by atoms with van der Waals surface area (Å²) in [6.07, 6.45) is -0.527. The van der Waals surface area contributed by atoms with Crippen LogP contribution in [0.3, 0.4) is 0 Å². The van der Waals surface area contributed by atoms with E-state index in [1.165, 1.54) is 0 Å². The molecule has 2 atom stereocenters. The third-order valence-corrected chi connectivity index (χ3v) is 2.01. The second-order valence-electron chi connectivity index (χ2n) is 4.82. The van der Waals surface area contributed by atoms with Gasteiger partial charge in [0.25, 0.3) is 0 Å². The smallest absolute Gasteiger partial charge is 0.408 e. The van der Waals surface area contributed by atoms with Crippen molar-refractivity contribution in [1.82, 2.24) is 10.3 Å². The minimum atomic E-state index is -1.86. The predicted molar refractivity (Wildman–Crippen MR) is 62.3 cm³/mol. The van der Waals surface area contributed by atoms with Gasteiger partial charge >= 0.3 is 12.1 Å². The van der Waals surface area contributed by atoms with Crippen molar-refractivity contribution in [1.29, 1.82) is 0 Å². The van der Waals surface area contributed by atoms with E-state index in [0.29, 0.717) is 0 Å². The van der Waals surface area contributed by atoms with Crippen molar-refractivity contribution in [2.75, 3.05) is 0 Å². The van der Waals surface area contributed by atoms with E-state index in [0.717, 1.165) is 12.7 Å². The summed E-state index contributed by atoms with van der Waals surface area (Å²) in [6.45, 7) is 4.97. The van der Waals surface area contributed by atoms with Gasteiger partial charge in [0.2, 0.25) is 0 Å². The fourth-order valence-corrected chi connectivity index (χ4v) is 1.27. The zero-order valence-electron chi connectivity index (χ0n) is 10.8. The van der Waals surface area contributed by atoms with Crippen molar-refractivity contribution < 1.29 is 29.0 Å². The summed E-state index contributed by atoms with van der Waals surface area (Å²) in [5.74, 6) is -1.50. The van der Waals surface area contributed by atoms with E-state index < -0.39 is 29.8 Å². The third kappa shape index (κ3) is 4.59. The summed E-state index contributed by atoms with van der Waals surface area (Å²) in [5, 5.41) is 20.6. The van der Waals surface area contributed by atoms with Crippen molar-refractivity contribution in [3.8, 4) is 0 Å². The quantitative estimate of drug-likeness (QED) is 0.736. The number of carboxylic acid groups (broad SMARTS) is 1. The Bertz CT molecular complexity index is 437. The van der Waals surface area contributed by atoms with Crippen LogP contribution in [0.15, 0.2) is 17.1 Å². The molecule has 0 unspecified atom stereocenters. The normalized spacial score (nSPS) is 14.5. The number of amides is 1. The Morgan fingerprint density at radius 2 is 2.11 bits per heavy atom. The van der Waals surface area contributed by atoms with Gasteiger partial charge in [0, 0.05) is 0 Å². The van der Waals surface area contributed by atoms with Crippen LogP contribution in [-0.4, -0.2) is 39.0 Å². The Balaban J connectivity index is 2.82. The Hall–Kier alpha value is -2.09. The molecule has 1 aromatic rings. The zero-order chi connectivity index (χ0) is 14.6. The molecular formula is C11H16N2O6. The number of carbonyl (C=O) groups excluding carboxylic acids is 1. The Labute approximate surface area is 109 Å². The Kier molecular flexibility index (Phi) is 4.49. The van der Waals surface area contributed by atoms with Gasteiger partial charge in [0.15, 0.2) is 12.5 Å². The largest absolute Gasteiger partial charge is 0.479 e. The molecule has 1 rings (SSSR count). The summed E-state index contributed by atoms with van der Waals surface area (Å²) in [5.41, 5.74) is -0.659. The number of hydrogen-bond donors (Lipinski definition) is 3. The lowest BCUT2D eigenvalue weighted by Crippen LogP contribution is -2.42. The molecule has 0 saturated heterocycles. The first-order valence-electron chi connectivity index (χ1n) is 5.49. The summed E-state index contributed by atoms with van der Waals surface area (Å²) in [4.78, 5) is 26.1. The molecule has 0 saturated carbocycles. The number of aliphatic carboxylic acids is 1. The highest BCUT2D eigenvalue weighted by Crippen LogP contribution is 2.17. The molecule has 0 radical (unpaired) electrons. The van der Waals surface area contributed by atoms with Gasteiger partial charge in [-0.15, -0.1) is 0 Å². The minimum absolute atomic E-state index is 0.0840. The van der Waals surface area contributed by atoms with E-state index >= 15 is 0 Å². The number of hydrogen-bond acceptors (Lipinski definition) is 6. The van der Waals surface area contributed by atoms with Crippen molar-refractivity contribution in [3.05, 3.63) is 18.4 Å². The molecule has 3 N–H and O–H groups in total. The number of aliphatic hydroxyl groups excluding tert-OH is 1. The number of ether oxygens (including phenoxy) is 1. The highest BCUT2D eigenvalue weighted by Gasteiger charge is 2.32. The number of aliphatic hydroxyl groups is 1. The molecular weight excluding hydrogens is 256 g/mol. The molecule has 0 spiro atoms. The van der Waals surface area contributed by atoms with Crippen LogP contribution in [0.2, 0.25) is 0 Å². The van der Waals surface area contributed by atoms with Crippen molar-refractivity contribution in [2.24, 2.45) is 0 Å². The molecule has 106 valence electrons. The molecule has 0 aliphatic carbocycles. The minimum Gasteiger partial charge on any atom is -0.479 e. The van der Waals surface area contributed by atoms with Gasteiger partial charge in [-0.3, -0.25) is 0 Å². The average molecular weight is 272 g/mol. The van der Waals surface area contributed by atoms with Gasteiger partial charge in [0.1, 0.15) is 23.6 Å². The van der Waals surface area contributed by atoms with Crippen LogP contribution in [0.4, 0.5) is 4.79 Å². The number of nitrogens with one attached hydrogen (secondary N) is 1. The first-order valence-corrected chi connectivity index (χ1v) is 5.49. The number of carbonyl (C=O) groups is 2. The van der Waals surface area contributed by atoms with E-state index in [1.54, 1.807) is 20.8 Å². The predicted octanol–water partition coefficient (Wildman–Crippen LogP) is 0.686. The highest BCUT2D eigenvalue weighted by molar-refractivity contribution is 5.75. The van der Waals surface area contributed by atoms with E-state index in [4.69, 9.17) is 14.3 Å². The van der Waals surface area contributed by atoms with Crippen LogP contribution in [0, 0.1) is 0 Å². The number of alkyl carbamates (subject to hydrolysis) is 1. The fourth-order valence-electron chi connectivity index (χ4n) is 1.27. The molecule has 1 heterocycles. The van der Waals surface area contributed by atoms with Gasteiger partial charge in [-0.2, -0.15) is 0 Å². The molecule has 1 aromatic heterocycles. The molecule has 19 heavy (non-hydrogen) atoms. The first kappa shape index (κ1) is 15.0. The molecule has 0 aromatic carbocycles. The fraction of sp³-hybridized carbons (Fsp3) is 0.545. The van der Waals surface area contributed by atoms with Crippen LogP contribution in [0.25, 0.3) is 0 Å². The lowest BCUT2D eigenvalue weighted by Gasteiger charge is -2.23. The zero-order valence-corrected chi connectivity index (χ0v) is 10.8. The van der Waals surface area contributed by atoms with E-state index in [2.05, 4.69) is 10.3 Å². The van der Waals surface area contributed by atoms with E-state index in [9.17, 15) is 14.7 Å². The Morgan fingerprint density at radius 3 is 2.53 bits per heavy atom. The standard InChI is InChI=1S/C11H16N2O6/c1-11(2,3)19-10(17)13-7(8(14)9(15)16)6-4-18-5-12-6/h4-5,7-8,14H,1-3H3,(H,13,17)(H,15,16)/t7-,8+/m0/s1.